The molecule has 2 nitrogen and oxygen atoms in total. The van der Waals surface area contributed by atoms with Gasteiger partial charge in [0, 0.05) is 0 Å². The van der Waals surface area contributed by atoms with Crippen LogP contribution >= 0.6 is 12.4 Å². The summed E-state index contributed by atoms with van der Waals surface area (Å²) in [6, 6.07) is -0.294. The number of benzene rings is 1. The van der Waals surface area contributed by atoms with Gasteiger partial charge in [-0.2, -0.15) is 0 Å². The predicted octanol–water partition coefficient (Wildman–Crippen LogP) is 3.03. The predicted molar refractivity (Wildman–Crippen MR) is 76.0 cm³/mol. The van der Waals surface area contributed by atoms with Gasteiger partial charge in [-0.3, -0.25) is 0 Å². The van der Waals surface area contributed by atoms with Crippen LogP contribution < -0.4 is 5.73 Å². The van der Waals surface area contributed by atoms with Crippen LogP contribution in [0.25, 0.3) is 0 Å². The molecule has 0 aliphatic rings. The molecule has 0 radical (unpaired) electrons. The maximum absolute atomic E-state index is 9.65. The van der Waals surface area contributed by atoms with Crippen molar-refractivity contribution in [3.05, 3.63) is 33.4 Å². The van der Waals surface area contributed by atoms with Crippen molar-refractivity contribution in [2.75, 3.05) is 0 Å². The fraction of sp³-hybridized carbons (Fsp3) is 0.571. The van der Waals surface area contributed by atoms with Crippen molar-refractivity contribution in [1.29, 1.82) is 0 Å². The third-order valence-electron chi connectivity index (χ3n) is 3.91. The van der Waals surface area contributed by atoms with E-state index in [2.05, 4.69) is 34.6 Å². The van der Waals surface area contributed by atoms with Crippen LogP contribution in [0.1, 0.15) is 46.3 Å². The Balaban J connectivity index is 0.00000256. The molecule has 0 amide bonds. The number of aliphatic hydroxyl groups excluding tert-OH is 1. The van der Waals surface area contributed by atoms with Crippen molar-refractivity contribution in [2.24, 2.45) is 5.73 Å². The van der Waals surface area contributed by atoms with Gasteiger partial charge in [-0.25, -0.2) is 0 Å². The molecule has 0 bridgehead atoms. The minimum Gasteiger partial charge on any atom is -0.391 e. The van der Waals surface area contributed by atoms with E-state index in [0.29, 0.717) is 0 Å². The first kappa shape index (κ1) is 16.4. The van der Waals surface area contributed by atoms with E-state index >= 15 is 0 Å². The van der Waals surface area contributed by atoms with Crippen LogP contribution in [0, 0.1) is 34.6 Å². The van der Waals surface area contributed by atoms with E-state index in [0.717, 1.165) is 5.56 Å². The van der Waals surface area contributed by atoms with Gasteiger partial charge in [-0.15, -0.1) is 12.4 Å². The maximum atomic E-state index is 9.65. The number of nitrogens with two attached hydrogens (primary N) is 1. The Bertz CT molecular complexity index is 384. The normalized spacial score (nSPS) is 14.1. The van der Waals surface area contributed by atoms with E-state index < -0.39 is 6.10 Å². The van der Waals surface area contributed by atoms with Crippen molar-refractivity contribution in [3.8, 4) is 0 Å². The standard InChI is InChI=1S/C14H23NO.ClH/c1-7-8(2)10(4)13(11(5)9(7)3)14(15)12(6)16;/h12,14,16H,15H2,1-6H3;1H/t12-,14-;/m0./s1. The molecule has 2 atom stereocenters. The Labute approximate surface area is 111 Å². The summed E-state index contributed by atoms with van der Waals surface area (Å²) in [6.45, 7) is 12.3. The van der Waals surface area contributed by atoms with Gasteiger partial charge < -0.3 is 10.8 Å². The SMILES string of the molecule is Cc1c(C)c(C)c([C@@H](N)[C@H](C)O)c(C)c1C.Cl. The zero-order chi connectivity index (χ0) is 12.6. The Kier molecular flexibility index (Phi) is 5.66. The summed E-state index contributed by atoms with van der Waals surface area (Å²) in [4.78, 5) is 0. The first-order chi connectivity index (χ1) is 7.29. The van der Waals surface area contributed by atoms with Crippen molar-refractivity contribution in [3.63, 3.8) is 0 Å². The highest BCUT2D eigenvalue weighted by atomic mass is 35.5. The molecule has 0 aromatic heterocycles. The lowest BCUT2D eigenvalue weighted by molar-refractivity contribution is 0.163. The lowest BCUT2D eigenvalue weighted by atomic mass is 9.85. The summed E-state index contributed by atoms with van der Waals surface area (Å²) < 4.78 is 0. The van der Waals surface area contributed by atoms with Crippen LogP contribution in [0.4, 0.5) is 0 Å². The number of rotatable bonds is 2. The Hall–Kier alpha value is -0.570. The minimum absolute atomic E-state index is 0. The van der Waals surface area contributed by atoms with Crippen LogP contribution in [-0.2, 0) is 0 Å². The molecule has 0 fully saturated rings. The van der Waals surface area contributed by atoms with E-state index in [1.165, 1.54) is 27.8 Å². The van der Waals surface area contributed by atoms with Gasteiger partial charge >= 0.3 is 0 Å². The third kappa shape index (κ3) is 2.82. The molecule has 1 aromatic rings. The first-order valence-corrected chi connectivity index (χ1v) is 5.79. The molecule has 98 valence electrons. The van der Waals surface area contributed by atoms with E-state index in [1.807, 2.05) is 0 Å². The zero-order valence-electron chi connectivity index (χ0n) is 11.6. The molecule has 1 aromatic carbocycles. The van der Waals surface area contributed by atoms with Gasteiger partial charge in [0.2, 0.25) is 0 Å². The minimum atomic E-state index is -0.515. The molecule has 1 rings (SSSR count). The van der Waals surface area contributed by atoms with E-state index in [9.17, 15) is 5.11 Å². The molecule has 3 heteroatoms. The number of halogens is 1. The highest BCUT2D eigenvalue weighted by Gasteiger charge is 2.20. The molecule has 3 N–H and O–H groups in total. The molecular weight excluding hydrogens is 234 g/mol. The average Bonchev–Trinajstić information content (AvgIpc) is 2.23. The topological polar surface area (TPSA) is 46.2 Å². The molecule has 17 heavy (non-hydrogen) atoms. The lowest BCUT2D eigenvalue weighted by Crippen LogP contribution is -2.26. The molecule has 0 unspecified atom stereocenters. The molecule has 0 aliphatic carbocycles. The van der Waals surface area contributed by atoms with Gasteiger partial charge in [-0.1, -0.05) is 0 Å². The molecule has 0 spiro atoms. The second-order valence-corrected chi connectivity index (χ2v) is 4.81. The van der Waals surface area contributed by atoms with Crippen LogP contribution in [0.5, 0.6) is 0 Å². The summed E-state index contributed by atoms with van der Waals surface area (Å²) >= 11 is 0. The van der Waals surface area contributed by atoms with E-state index in [-0.39, 0.29) is 18.4 Å². The van der Waals surface area contributed by atoms with Crippen LogP contribution in [-0.4, -0.2) is 11.2 Å². The Morgan fingerprint density at radius 2 is 1.12 bits per heavy atom. The van der Waals surface area contributed by atoms with Crippen molar-refractivity contribution >= 4 is 12.4 Å². The van der Waals surface area contributed by atoms with Crippen molar-refractivity contribution < 1.29 is 5.11 Å². The summed E-state index contributed by atoms with van der Waals surface area (Å²) in [5, 5.41) is 9.65. The summed E-state index contributed by atoms with van der Waals surface area (Å²) in [6.07, 6.45) is -0.515. The smallest absolute Gasteiger partial charge is 0.0704 e. The van der Waals surface area contributed by atoms with Crippen molar-refractivity contribution in [1.82, 2.24) is 0 Å². The quantitative estimate of drug-likeness (QED) is 0.856. The van der Waals surface area contributed by atoms with Crippen molar-refractivity contribution in [2.45, 2.75) is 53.7 Å². The average molecular weight is 258 g/mol. The maximum Gasteiger partial charge on any atom is 0.0704 e. The second-order valence-electron chi connectivity index (χ2n) is 4.81. The Morgan fingerprint density at radius 1 is 0.824 bits per heavy atom. The second kappa shape index (κ2) is 5.85. The fourth-order valence-electron chi connectivity index (χ4n) is 2.27. The van der Waals surface area contributed by atoms with Gasteiger partial charge in [0.1, 0.15) is 0 Å². The fourth-order valence-corrected chi connectivity index (χ4v) is 2.27. The van der Waals surface area contributed by atoms with E-state index in [1.54, 1.807) is 6.92 Å². The number of aliphatic hydroxyl groups is 1. The summed E-state index contributed by atoms with van der Waals surface area (Å²) in [5.41, 5.74) is 13.5. The van der Waals surface area contributed by atoms with Crippen LogP contribution in [0.3, 0.4) is 0 Å². The molecule has 0 saturated heterocycles. The van der Waals surface area contributed by atoms with Gasteiger partial charge in [-0.05, 0) is 74.9 Å². The Morgan fingerprint density at radius 3 is 1.41 bits per heavy atom. The van der Waals surface area contributed by atoms with E-state index in [4.69, 9.17) is 5.73 Å². The highest BCUT2D eigenvalue weighted by molar-refractivity contribution is 5.85. The largest absolute Gasteiger partial charge is 0.391 e. The summed E-state index contributed by atoms with van der Waals surface area (Å²) in [5.74, 6) is 0. The first-order valence-electron chi connectivity index (χ1n) is 5.79. The molecule has 0 heterocycles. The lowest BCUT2D eigenvalue weighted by Gasteiger charge is -2.24. The third-order valence-corrected chi connectivity index (χ3v) is 3.91. The monoisotopic (exact) mass is 257 g/mol. The number of hydrogen-bond donors (Lipinski definition) is 2. The van der Waals surface area contributed by atoms with Crippen LogP contribution in [0.2, 0.25) is 0 Å². The molecule has 0 aliphatic heterocycles. The van der Waals surface area contributed by atoms with Gasteiger partial charge in [0.05, 0.1) is 12.1 Å². The molecular formula is C14H24ClNO. The highest BCUT2D eigenvalue weighted by Crippen LogP contribution is 2.30. The zero-order valence-corrected chi connectivity index (χ0v) is 12.4. The van der Waals surface area contributed by atoms with Gasteiger partial charge in [0.15, 0.2) is 0 Å². The summed E-state index contributed by atoms with van der Waals surface area (Å²) in [7, 11) is 0. The molecule has 0 saturated carbocycles. The van der Waals surface area contributed by atoms with Gasteiger partial charge in [0.25, 0.3) is 0 Å². The van der Waals surface area contributed by atoms with Crippen LogP contribution in [0.15, 0.2) is 0 Å². The number of hydrogen-bond acceptors (Lipinski definition) is 2.